The van der Waals surface area contributed by atoms with Crippen molar-refractivity contribution in [3.05, 3.63) is 0 Å². The van der Waals surface area contributed by atoms with Crippen molar-refractivity contribution in [1.82, 2.24) is 9.80 Å². The van der Waals surface area contributed by atoms with Crippen molar-refractivity contribution in [1.29, 1.82) is 0 Å². The fourth-order valence-corrected chi connectivity index (χ4v) is 3.47. The molecule has 0 amide bonds. The van der Waals surface area contributed by atoms with Crippen molar-refractivity contribution in [2.45, 2.75) is 78.3 Å². The Morgan fingerprint density at radius 1 is 0.833 bits per heavy atom. The molecule has 2 saturated heterocycles. The number of nitrogens with zero attached hydrogens (tertiary/aromatic N) is 2. The summed E-state index contributed by atoms with van der Waals surface area (Å²) in [6, 6.07) is 1.78. The van der Waals surface area contributed by atoms with Crippen molar-refractivity contribution in [3.8, 4) is 0 Å². The second-order valence-electron chi connectivity index (χ2n) is 5.59. The summed E-state index contributed by atoms with van der Waals surface area (Å²) in [5.74, 6) is 0. The summed E-state index contributed by atoms with van der Waals surface area (Å²) in [6.45, 7) is 14.0. The van der Waals surface area contributed by atoms with Gasteiger partial charge in [-0.25, -0.2) is 0 Å². The first-order valence-electron chi connectivity index (χ1n) is 8.33. The van der Waals surface area contributed by atoms with Gasteiger partial charge >= 0.3 is 0 Å². The van der Waals surface area contributed by atoms with Gasteiger partial charge in [-0.15, -0.1) is 0 Å². The van der Waals surface area contributed by atoms with Crippen LogP contribution in [0.25, 0.3) is 0 Å². The Morgan fingerprint density at radius 3 is 1.94 bits per heavy atom. The van der Waals surface area contributed by atoms with Crippen LogP contribution in [0.3, 0.4) is 0 Å². The van der Waals surface area contributed by atoms with Crippen molar-refractivity contribution >= 4 is 0 Å². The topological polar surface area (TPSA) is 6.48 Å². The first kappa shape index (κ1) is 16.0. The van der Waals surface area contributed by atoms with E-state index in [0.717, 1.165) is 12.1 Å². The van der Waals surface area contributed by atoms with Gasteiger partial charge in [-0.3, -0.25) is 4.90 Å². The molecule has 0 N–H and O–H groups in total. The fraction of sp³-hybridized carbons (Fsp3) is 1.00. The Kier molecular flexibility index (Phi) is 7.92. The van der Waals surface area contributed by atoms with Crippen LogP contribution in [0.1, 0.15) is 66.2 Å². The van der Waals surface area contributed by atoms with Crippen LogP contribution in [0.2, 0.25) is 0 Å². The van der Waals surface area contributed by atoms with E-state index >= 15 is 0 Å². The Morgan fingerprint density at radius 2 is 1.44 bits per heavy atom. The number of fused-ring (bicyclic) bond motifs is 2. The third-order valence-corrected chi connectivity index (χ3v) is 4.27. The molecule has 2 aliphatic heterocycles. The number of hydrogen-bond acceptors (Lipinski definition) is 2. The van der Waals surface area contributed by atoms with Crippen molar-refractivity contribution in [3.63, 3.8) is 0 Å². The highest BCUT2D eigenvalue weighted by Gasteiger charge is 2.38. The zero-order valence-electron chi connectivity index (χ0n) is 13.1. The maximum absolute atomic E-state index is 2.79. The summed E-state index contributed by atoms with van der Waals surface area (Å²) in [4.78, 5) is 5.51. The highest BCUT2D eigenvalue weighted by atomic mass is 15.3. The molecule has 0 aliphatic carbocycles. The highest BCUT2D eigenvalue weighted by molar-refractivity contribution is 4.95. The molecular formula is C16H34N2. The lowest BCUT2D eigenvalue weighted by Gasteiger charge is -2.41. The van der Waals surface area contributed by atoms with E-state index < -0.39 is 0 Å². The van der Waals surface area contributed by atoms with Crippen molar-refractivity contribution in [2.24, 2.45) is 0 Å². The average Bonchev–Trinajstić information content (AvgIpc) is 2.65. The van der Waals surface area contributed by atoms with Crippen LogP contribution >= 0.6 is 0 Å². The lowest BCUT2D eigenvalue weighted by molar-refractivity contribution is 0.0661. The number of likely N-dealkylation sites (tertiary alicyclic amines) is 1. The van der Waals surface area contributed by atoms with Gasteiger partial charge in [0.25, 0.3) is 0 Å². The van der Waals surface area contributed by atoms with Gasteiger partial charge in [-0.05, 0) is 38.8 Å². The Hall–Kier alpha value is -0.0800. The predicted octanol–water partition coefficient (Wildman–Crippen LogP) is 3.76. The molecule has 0 aromatic heterocycles. The van der Waals surface area contributed by atoms with Crippen LogP contribution in [-0.2, 0) is 0 Å². The van der Waals surface area contributed by atoms with Crippen LogP contribution in [0, 0.1) is 0 Å². The molecule has 108 valence electrons. The maximum Gasteiger partial charge on any atom is 0.0227 e. The minimum absolute atomic E-state index is 0.889. The molecule has 2 rings (SSSR count). The minimum atomic E-state index is 0.889. The SMILES string of the molecule is CC.CCCCCN1C[C@H]2CC[C@@H](C1)N2CCC. The van der Waals surface area contributed by atoms with E-state index in [2.05, 4.69) is 23.6 Å². The lowest BCUT2D eigenvalue weighted by Crippen LogP contribution is -2.53. The van der Waals surface area contributed by atoms with Gasteiger partial charge in [0.2, 0.25) is 0 Å². The smallest absolute Gasteiger partial charge is 0.0227 e. The van der Waals surface area contributed by atoms with Crippen LogP contribution in [0.15, 0.2) is 0 Å². The Balaban J connectivity index is 0.000000771. The molecule has 0 unspecified atom stereocenters. The number of rotatable bonds is 6. The molecule has 0 saturated carbocycles. The number of unbranched alkanes of at least 4 members (excludes halogenated alkanes) is 2. The highest BCUT2D eigenvalue weighted by Crippen LogP contribution is 2.30. The van der Waals surface area contributed by atoms with Crippen molar-refractivity contribution < 1.29 is 0 Å². The lowest BCUT2D eigenvalue weighted by atomic mass is 10.1. The van der Waals surface area contributed by atoms with Gasteiger partial charge in [0, 0.05) is 25.2 Å². The molecule has 18 heavy (non-hydrogen) atoms. The zero-order chi connectivity index (χ0) is 13.4. The summed E-state index contributed by atoms with van der Waals surface area (Å²) >= 11 is 0. The van der Waals surface area contributed by atoms with E-state index in [4.69, 9.17) is 0 Å². The molecule has 2 atom stereocenters. The summed E-state index contributed by atoms with van der Waals surface area (Å²) in [7, 11) is 0. The Labute approximate surface area is 115 Å². The molecule has 2 nitrogen and oxygen atoms in total. The zero-order valence-corrected chi connectivity index (χ0v) is 13.1. The van der Waals surface area contributed by atoms with Gasteiger partial charge in [-0.2, -0.15) is 0 Å². The molecule has 0 aromatic carbocycles. The van der Waals surface area contributed by atoms with Crippen LogP contribution in [-0.4, -0.2) is 48.1 Å². The predicted molar refractivity (Wildman–Crippen MR) is 81.1 cm³/mol. The first-order chi connectivity index (χ1) is 8.85. The van der Waals surface area contributed by atoms with E-state index in [1.807, 2.05) is 13.8 Å². The monoisotopic (exact) mass is 254 g/mol. The molecular weight excluding hydrogens is 220 g/mol. The Bertz CT molecular complexity index is 191. The number of piperazine rings is 1. The molecule has 0 aromatic rings. The van der Waals surface area contributed by atoms with E-state index in [1.54, 1.807) is 0 Å². The second kappa shape index (κ2) is 8.92. The molecule has 0 radical (unpaired) electrons. The average molecular weight is 254 g/mol. The standard InChI is InChI=1S/C14H28N2.C2H6/c1-3-5-6-10-15-11-13-7-8-14(12-15)16(13)9-4-2;1-2/h13-14H,3-12H2,1-2H3;1-2H3/t13-,14+;. The summed E-state index contributed by atoms with van der Waals surface area (Å²) in [6.07, 6.45) is 8.39. The van der Waals surface area contributed by atoms with Crippen molar-refractivity contribution in [2.75, 3.05) is 26.2 Å². The molecule has 2 bridgehead atoms. The third-order valence-electron chi connectivity index (χ3n) is 4.27. The van der Waals surface area contributed by atoms with Crippen LogP contribution in [0.5, 0.6) is 0 Å². The van der Waals surface area contributed by atoms with Gasteiger partial charge in [0.15, 0.2) is 0 Å². The van der Waals surface area contributed by atoms with Crippen LogP contribution in [0.4, 0.5) is 0 Å². The fourth-order valence-electron chi connectivity index (χ4n) is 3.47. The molecule has 2 aliphatic rings. The van der Waals surface area contributed by atoms with Gasteiger partial charge in [0.05, 0.1) is 0 Å². The van der Waals surface area contributed by atoms with Crippen LogP contribution < -0.4 is 0 Å². The quantitative estimate of drug-likeness (QED) is 0.666. The molecule has 2 fully saturated rings. The minimum Gasteiger partial charge on any atom is -0.300 e. The van der Waals surface area contributed by atoms with E-state index in [9.17, 15) is 0 Å². The molecule has 2 heteroatoms. The number of hydrogen-bond donors (Lipinski definition) is 0. The third kappa shape index (κ3) is 4.24. The van der Waals surface area contributed by atoms with Gasteiger partial charge in [0.1, 0.15) is 0 Å². The van der Waals surface area contributed by atoms with E-state index in [0.29, 0.717) is 0 Å². The summed E-state index contributed by atoms with van der Waals surface area (Å²) in [5.41, 5.74) is 0. The maximum atomic E-state index is 2.79. The molecule has 0 spiro atoms. The van der Waals surface area contributed by atoms with Gasteiger partial charge in [-0.1, -0.05) is 40.5 Å². The van der Waals surface area contributed by atoms with Gasteiger partial charge < -0.3 is 4.90 Å². The largest absolute Gasteiger partial charge is 0.300 e. The van der Waals surface area contributed by atoms with E-state index in [-0.39, 0.29) is 0 Å². The molecule has 2 heterocycles. The second-order valence-corrected chi connectivity index (χ2v) is 5.59. The normalized spacial score (nSPS) is 28.0. The first-order valence-corrected chi connectivity index (χ1v) is 8.33. The van der Waals surface area contributed by atoms with E-state index in [1.165, 1.54) is 64.7 Å². The summed E-state index contributed by atoms with van der Waals surface area (Å²) in [5, 5.41) is 0. The summed E-state index contributed by atoms with van der Waals surface area (Å²) < 4.78 is 0.